The Balaban J connectivity index is 0.000000321. The van der Waals surface area contributed by atoms with Crippen LogP contribution in [0.4, 0.5) is 19.0 Å². The van der Waals surface area contributed by atoms with E-state index in [2.05, 4.69) is 21.2 Å². The van der Waals surface area contributed by atoms with E-state index < -0.39 is 12.1 Å². The van der Waals surface area contributed by atoms with Gasteiger partial charge in [-0.3, -0.25) is 0 Å². The number of halogens is 3. The van der Waals surface area contributed by atoms with Crippen molar-refractivity contribution in [3.63, 3.8) is 0 Å². The van der Waals surface area contributed by atoms with Crippen LogP contribution in [0.15, 0.2) is 12.1 Å². The molecule has 0 saturated carbocycles. The predicted molar refractivity (Wildman–Crippen MR) is 90.6 cm³/mol. The smallest absolute Gasteiger partial charge is 0.475 e. The first-order valence-corrected chi connectivity index (χ1v) is 8.82. The SMILES string of the molecule is CCOC[C@H]1CC[C@H]2[C@H](CCN2c2ccc(C)nn2)O1.O=C(O)C(F)(F)F. The van der Waals surface area contributed by atoms with Crippen LogP contribution in [-0.4, -0.2) is 65.5 Å². The zero-order chi connectivity index (χ0) is 20.0. The van der Waals surface area contributed by atoms with Gasteiger partial charge >= 0.3 is 12.1 Å². The van der Waals surface area contributed by atoms with Gasteiger partial charge in [0.1, 0.15) is 0 Å². The number of fused-ring (bicyclic) bond motifs is 1. The molecule has 0 radical (unpaired) electrons. The van der Waals surface area contributed by atoms with E-state index in [1.807, 2.05) is 19.9 Å². The lowest BCUT2D eigenvalue weighted by Crippen LogP contribution is -2.44. The second-order valence-electron chi connectivity index (χ2n) is 6.42. The van der Waals surface area contributed by atoms with Crippen LogP contribution in [0.3, 0.4) is 0 Å². The van der Waals surface area contributed by atoms with Crippen LogP contribution >= 0.6 is 0 Å². The van der Waals surface area contributed by atoms with Crippen molar-refractivity contribution in [2.24, 2.45) is 0 Å². The number of nitrogens with zero attached hydrogens (tertiary/aromatic N) is 3. The van der Waals surface area contributed by atoms with Crippen LogP contribution in [0.1, 0.15) is 31.9 Å². The number of ether oxygens (including phenoxy) is 2. The van der Waals surface area contributed by atoms with Crippen molar-refractivity contribution in [1.82, 2.24) is 10.2 Å². The van der Waals surface area contributed by atoms with Crippen molar-refractivity contribution >= 4 is 11.8 Å². The van der Waals surface area contributed by atoms with Crippen molar-refractivity contribution < 1.29 is 32.5 Å². The van der Waals surface area contributed by atoms with E-state index in [9.17, 15) is 13.2 Å². The topological polar surface area (TPSA) is 84.8 Å². The van der Waals surface area contributed by atoms with Crippen LogP contribution in [0, 0.1) is 6.92 Å². The molecule has 1 aromatic heterocycles. The van der Waals surface area contributed by atoms with Crippen molar-refractivity contribution in [3.8, 4) is 0 Å². The number of alkyl halides is 3. The Bertz CT molecular complexity index is 612. The van der Waals surface area contributed by atoms with E-state index in [0.29, 0.717) is 12.1 Å². The highest BCUT2D eigenvalue weighted by molar-refractivity contribution is 5.73. The average molecular weight is 391 g/mol. The fourth-order valence-corrected chi connectivity index (χ4v) is 3.20. The molecular formula is C17H24F3N3O4. The van der Waals surface area contributed by atoms with Crippen LogP contribution in [0.2, 0.25) is 0 Å². The highest BCUT2D eigenvalue weighted by atomic mass is 19.4. The number of hydrogen-bond donors (Lipinski definition) is 1. The minimum Gasteiger partial charge on any atom is -0.475 e. The van der Waals surface area contributed by atoms with Crippen molar-refractivity contribution in [2.45, 2.75) is 57.5 Å². The molecule has 3 rings (SSSR count). The quantitative estimate of drug-likeness (QED) is 0.844. The lowest BCUT2D eigenvalue weighted by molar-refractivity contribution is -0.192. The fourth-order valence-electron chi connectivity index (χ4n) is 3.20. The summed E-state index contributed by atoms with van der Waals surface area (Å²) >= 11 is 0. The minimum atomic E-state index is -5.08. The van der Waals surface area contributed by atoms with E-state index in [1.54, 1.807) is 0 Å². The molecule has 1 aromatic rings. The summed E-state index contributed by atoms with van der Waals surface area (Å²) in [6, 6.07) is 4.54. The van der Waals surface area contributed by atoms with Crippen LogP contribution < -0.4 is 4.90 Å². The zero-order valence-electron chi connectivity index (χ0n) is 15.3. The predicted octanol–water partition coefficient (Wildman–Crippen LogP) is 2.58. The molecule has 2 saturated heterocycles. The molecule has 10 heteroatoms. The number of aliphatic carboxylic acids is 1. The molecule has 0 aromatic carbocycles. The summed E-state index contributed by atoms with van der Waals surface area (Å²) in [4.78, 5) is 11.3. The normalized spacial score (nSPS) is 24.8. The molecule has 0 unspecified atom stereocenters. The van der Waals surface area contributed by atoms with Crippen LogP contribution in [0.25, 0.3) is 0 Å². The summed E-state index contributed by atoms with van der Waals surface area (Å²) < 4.78 is 43.4. The van der Waals surface area contributed by atoms with Crippen molar-refractivity contribution in [2.75, 3.05) is 24.7 Å². The summed E-state index contributed by atoms with van der Waals surface area (Å²) in [6.07, 6.45) is -1.21. The lowest BCUT2D eigenvalue weighted by Gasteiger charge is -2.36. The van der Waals surface area contributed by atoms with Gasteiger partial charge in [-0.25, -0.2) is 4.79 Å². The van der Waals surface area contributed by atoms with Gasteiger partial charge < -0.3 is 19.5 Å². The number of carboxylic acid groups (broad SMARTS) is 1. The summed E-state index contributed by atoms with van der Waals surface area (Å²) in [6.45, 7) is 6.49. The first-order valence-electron chi connectivity index (χ1n) is 8.82. The summed E-state index contributed by atoms with van der Waals surface area (Å²) in [5.74, 6) is -1.78. The van der Waals surface area contributed by atoms with Gasteiger partial charge in [-0.2, -0.15) is 18.3 Å². The summed E-state index contributed by atoms with van der Waals surface area (Å²) in [5.41, 5.74) is 0.959. The zero-order valence-corrected chi connectivity index (χ0v) is 15.3. The molecule has 0 bridgehead atoms. The molecule has 3 atom stereocenters. The summed E-state index contributed by atoms with van der Waals surface area (Å²) in [5, 5.41) is 15.6. The lowest BCUT2D eigenvalue weighted by atomic mass is 9.99. The van der Waals surface area contributed by atoms with Gasteiger partial charge in [0.05, 0.1) is 30.6 Å². The van der Waals surface area contributed by atoms with Crippen molar-refractivity contribution in [3.05, 3.63) is 17.8 Å². The molecule has 0 aliphatic carbocycles. The van der Waals surface area contributed by atoms with Gasteiger partial charge in [-0.1, -0.05) is 0 Å². The molecule has 0 spiro atoms. The standard InChI is InChI=1S/C15H23N3O2.C2HF3O2/c1-3-19-10-12-5-6-13-14(20-12)8-9-18(13)15-7-4-11(2)16-17-15;3-2(4,5)1(6)7/h4,7,12-14H,3,5-6,8-10H2,1-2H3;(H,6,7)/t12-,13+,14+;/m1./s1. The second kappa shape index (κ2) is 9.32. The highest BCUT2D eigenvalue weighted by Gasteiger charge is 2.40. The Morgan fingerprint density at radius 2 is 2.04 bits per heavy atom. The molecule has 3 heterocycles. The van der Waals surface area contributed by atoms with E-state index in [0.717, 1.165) is 50.5 Å². The highest BCUT2D eigenvalue weighted by Crippen LogP contribution is 2.33. The first-order chi connectivity index (χ1) is 12.7. The second-order valence-corrected chi connectivity index (χ2v) is 6.42. The molecular weight excluding hydrogens is 367 g/mol. The number of carboxylic acids is 1. The molecule has 27 heavy (non-hydrogen) atoms. The molecule has 2 fully saturated rings. The summed E-state index contributed by atoms with van der Waals surface area (Å²) in [7, 11) is 0. The number of carbonyl (C=O) groups is 1. The Labute approximate surface area is 155 Å². The maximum atomic E-state index is 10.6. The van der Waals surface area contributed by atoms with Crippen molar-refractivity contribution in [1.29, 1.82) is 0 Å². The number of aromatic nitrogens is 2. The Morgan fingerprint density at radius 3 is 2.59 bits per heavy atom. The largest absolute Gasteiger partial charge is 0.490 e. The molecule has 7 nitrogen and oxygen atoms in total. The number of rotatable bonds is 4. The minimum absolute atomic E-state index is 0.264. The van der Waals surface area contributed by atoms with Gasteiger partial charge in [-0.05, 0) is 45.2 Å². The third kappa shape index (κ3) is 6.03. The molecule has 1 N–H and O–H groups in total. The van der Waals surface area contributed by atoms with Gasteiger partial charge in [-0.15, -0.1) is 5.10 Å². The molecule has 2 aliphatic heterocycles. The van der Waals surface area contributed by atoms with Gasteiger partial charge in [0.15, 0.2) is 5.82 Å². The number of hydrogen-bond acceptors (Lipinski definition) is 6. The fraction of sp³-hybridized carbons (Fsp3) is 0.706. The molecule has 2 aliphatic rings. The number of anilines is 1. The Kier molecular flexibility index (Phi) is 7.37. The van der Waals surface area contributed by atoms with Gasteiger partial charge in [0.25, 0.3) is 0 Å². The van der Waals surface area contributed by atoms with Gasteiger partial charge in [0.2, 0.25) is 0 Å². The Hall–Kier alpha value is -1.94. The van der Waals surface area contributed by atoms with E-state index in [-0.39, 0.29) is 6.10 Å². The molecule has 152 valence electrons. The van der Waals surface area contributed by atoms with E-state index >= 15 is 0 Å². The van der Waals surface area contributed by atoms with Crippen LogP contribution in [-0.2, 0) is 14.3 Å². The molecule has 0 amide bonds. The maximum absolute atomic E-state index is 10.6. The third-order valence-electron chi connectivity index (χ3n) is 4.46. The Morgan fingerprint density at radius 1 is 1.33 bits per heavy atom. The van der Waals surface area contributed by atoms with E-state index in [4.69, 9.17) is 19.4 Å². The first kappa shape index (κ1) is 21.4. The third-order valence-corrected chi connectivity index (χ3v) is 4.46. The van der Waals surface area contributed by atoms with Crippen LogP contribution in [0.5, 0.6) is 0 Å². The monoisotopic (exact) mass is 391 g/mol. The van der Waals surface area contributed by atoms with E-state index in [1.165, 1.54) is 0 Å². The average Bonchev–Trinajstić information content (AvgIpc) is 3.03. The number of aryl methyl sites for hydroxylation is 1. The van der Waals surface area contributed by atoms with Gasteiger partial charge in [0, 0.05) is 13.2 Å². The maximum Gasteiger partial charge on any atom is 0.490 e.